The topological polar surface area (TPSA) is 100 Å². The van der Waals surface area contributed by atoms with Gasteiger partial charge in [0.15, 0.2) is 5.65 Å². The van der Waals surface area contributed by atoms with Crippen molar-refractivity contribution < 1.29 is 9.53 Å². The first-order chi connectivity index (χ1) is 15.3. The number of nitrogens with zero attached hydrogens (tertiary/aromatic N) is 6. The Morgan fingerprint density at radius 3 is 2.94 bits per heavy atom. The van der Waals surface area contributed by atoms with Gasteiger partial charge in [-0.3, -0.25) is 9.58 Å². The molecule has 0 atom stereocenters. The molecule has 32 heavy (non-hydrogen) atoms. The molecular formula is C22H28N8O2. The van der Waals surface area contributed by atoms with Gasteiger partial charge in [-0.1, -0.05) is 0 Å². The van der Waals surface area contributed by atoms with Crippen molar-refractivity contribution in [2.45, 2.75) is 25.8 Å². The molecule has 2 amide bonds. The van der Waals surface area contributed by atoms with Crippen LogP contribution < -0.4 is 25.2 Å². The van der Waals surface area contributed by atoms with Crippen LogP contribution >= 0.6 is 0 Å². The van der Waals surface area contributed by atoms with Gasteiger partial charge >= 0.3 is 6.03 Å². The summed E-state index contributed by atoms with van der Waals surface area (Å²) >= 11 is 0. The number of nitrogens with one attached hydrogen (secondary N) is 2. The first kappa shape index (κ1) is 20.5. The number of aryl methyl sites for hydroxylation is 1. The Bertz CT molecular complexity index is 1190. The van der Waals surface area contributed by atoms with Crippen LogP contribution in [0.15, 0.2) is 24.5 Å². The third kappa shape index (κ3) is 3.60. The second-order valence-corrected chi connectivity index (χ2v) is 8.96. The number of amides is 2. The summed E-state index contributed by atoms with van der Waals surface area (Å²) < 4.78 is 7.07. The van der Waals surface area contributed by atoms with E-state index in [-0.39, 0.29) is 11.6 Å². The number of rotatable bonds is 3. The van der Waals surface area contributed by atoms with Gasteiger partial charge in [-0.25, -0.2) is 9.78 Å². The third-order valence-corrected chi connectivity index (χ3v) is 6.02. The number of pyridine rings is 2. The van der Waals surface area contributed by atoms with Gasteiger partial charge in [0, 0.05) is 67.8 Å². The predicted molar refractivity (Wildman–Crippen MR) is 124 cm³/mol. The first-order valence-corrected chi connectivity index (χ1v) is 10.8. The highest BCUT2D eigenvalue weighted by atomic mass is 16.5. The monoisotopic (exact) mass is 436 g/mol. The molecule has 0 saturated carbocycles. The van der Waals surface area contributed by atoms with Crippen molar-refractivity contribution in [2.24, 2.45) is 7.05 Å². The molecule has 3 aromatic rings. The number of methoxy groups -OCH3 is 1. The highest BCUT2D eigenvalue weighted by Gasteiger charge is 2.33. The minimum Gasteiger partial charge on any atom is -0.479 e. The fourth-order valence-corrected chi connectivity index (χ4v) is 4.60. The molecule has 10 nitrogen and oxygen atoms in total. The van der Waals surface area contributed by atoms with Crippen LogP contribution in [0.25, 0.3) is 11.0 Å². The summed E-state index contributed by atoms with van der Waals surface area (Å²) in [6.07, 6.45) is 4.41. The Morgan fingerprint density at radius 1 is 1.31 bits per heavy atom. The van der Waals surface area contributed by atoms with E-state index in [0.717, 1.165) is 42.7 Å². The average molecular weight is 437 g/mol. The van der Waals surface area contributed by atoms with E-state index in [1.807, 2.05) is 19.3 Å². The molecule has 0 aromatic carbocycles. The summed E-state index contributed by atoms with van der Waals surface area (Å²) in [7, 11) is 3.36. The normalized spacial score (nSPS) is 17.5. The van der Waals surface area contributed by atoms with Crippen molar-refractivity contribution in [3.05, 3.63) is 30.1 Å². The van der Waals surface area contributed by atoms with Gasteiger partial charge in [0.2, 0.25) is 5.88 Å². The molecule has 0 spiro atoms. The smallest absolute Gasteiger partial charge is 0.327 e. The average Bonchev–Trinajstić information content (AvgIpc) is 3.34. The SMILES string of the molecule is COc1nc2nn(C)cc2cc1NC(=O)N1CCc2c(N3CCNC(C)(C)C3)ccnc21. The number of urea groups is 1. The number of carbonyl (C=O) groups excluding carboxylic acids is 1. The zero-order valence-corrected chi connectivity index (χ0v) is 18.8. The van der Waals surface area contributed by atoms with Crippen molar-refractivity contribution in [1.29, 1.82) is 0 Å². The van der Waals surface area contributed by atoms with E-state index >= 15 is 0 Å². The third-order valence-electron chi connectivity index (χ3n) is 6.02. The van der Waals surface area contributed by atoms with E-state index in [9.17, 15) is 4.79 Å². The second kappa shape index (κ2) is 7.63. The highest BCUT2D eigenvalue weighted by Crippen LogP contribution is 2.35. The quantitative estimate of drug-likeness (QED) is 0.649. The summed E-state index contributed by atoms with van der Waals surface area (Å²) in [6.45, 7) is 7.76. The minimum absolute atomic E-state index is 0.0402. The number of hydrogen-bond donors (Lipinski definition) is 2. The lowest BCUT2D eigenvalue weighted by Crippen LogP contribution is -2.57. The number of ether oxygens (including phenoxy) is 1. The van der Waals surface area contributed by atoms with E-state index in [0.29, 0.717) is 29.6 Å². The van der Waals surface area contributed by atoms with Crippen LogP contribution in [0.3, 0.4) is 0 Å². The van der Waals surface area contributed by atoms with Gasteiger partial charge in [0.25, 0.3) is 0 Å². The zero-order valence-electron chi connectivity index (χ0n) is 18.8. The number of aromatic nitrogens is 4. The molecular weight excluding hydrogens is 408 g/mol. The van der Waals surface area contributed by atoms with E-state index in [2.05, 4.69) is 50.5 Å². The van der Waals surface area contributed by atoms with Crippen LogP contribution in [0.5, 0.6) is 5.88 Å². The lowest BCUT2D eigenvalue weighted by Gasteiger charge is -2.41. The molecule has 168 valence electrons. The molecule has 2 aliphatic heterocycles. The second-order valence-electron chi connectivity index (χ2n) is 8.96. The summed E-state index contributed by atoms with van der Waals surface area (Å²) in [4.78, 5) is 26.3. The van der Waals surface area contributed by atoms with Gasteiger partial charge in [-0.05, 0) is 32.4 Å². The summed E-state index contributed by atoms with van der Waals surface area (Å²) in [5, 5.41) is 11.6. The van der Waals surface area contributed by atoms with E-state index < -0.39 is 0 Å². The van der Waals surface area contributed by atoms with Crippen LogP contribution in [-0.4, -0.2) is 64.6 Å². The van der Waals surface area contributed by atoms with Gasteiger partial charge in [0.1, 0.15) is 11.5 Å². The fraction of sp³-hybridized carbons (Fsp3) is 0.455. The number of piperazine rings is 1. The molecule has 1 fully saturated rings. The standard InChI is InChI=1S/C22H28N8O2/c1-22(2)13-29(10-8-24-22)17-5-7-23-19-15(17)6-9-30(19)21(31)25-16-11-14-12-28(3)27-18(14)26-20(16)32-4/h5,7,11-12,24H,6,8-10,13H2,1-4H3,(H,25,31). The van der Waals surface area contributed by atoms with Gasteiger partial charge in [-0.15, -0.1) is 0 Å². The van der Waals surface area contributed by atoms with Crippen LogP contribution in [0.1, 0.15) is 19.4 Å². The molecule has 0 unspecified atom stereocenters. The molecule has 5 rings (SSSR count). The number of carbonyl (C=O) groups is 1. The Hall–Kier alpha value is -3.40. The van der Waals surface area contributed by atoms with Gasteiger partial charge in [0.05, 0.1) is 7.11 Å². The summed E-state index contributed by atoms with van der Waals surface area (Å²) in [5.74, 6) is 1.04. The van der Waals surface area contributed by atoms with Crippen molar-refractivity contribution in [3.63, 3.8) is 0 Å². The van der Waals surface area contributed by atoms with Crippen LogP contribution in [0.2, 0.25) is 0 Å². The molecule has 0 radical (unpaired) electrons. The summed E-state index contributed by atoms with van der Waals surface area (Å²) in [6, 6.07) is 3.64. The highest BCUT2D eigenvalue weighted by molar-refractivity contribution is 6.04. The molecule has 5 heterocycles. The molecule has 0 bridgehead atoms. The maximum atomic E-state index is 13.2. The molecule has 0 aliphatic carbocycles. The van der Waals surface area contributed by atoms with Crippen molar-refractivity contribution in [3.8, 4) is 5.88 Å². The number of hydrogen-bond acceptors (Lipinski definition) is 7. The minimum atomic E-state index is -0.252. The maximum Gasteiger partial charge on any atom is 0.327 e. The number of fused-ring (bicyclic) bond motifs is 2. The zero-order chi connectivity index (χ0) is 22.5. The number of anilines is 3. The fourth-order valence-electron chi connectivity index (χ4n) is 4.60. The van der Waals surface area contributed by atoms with Gasteiger partial charge in [-0.2, -0.15) is 10.1 Å². The Kier molecular flexibility index (Phi) is 4.89. The van der Waals surface area contributed by atoms with E-state index in [1.54, 1.807) is 15.8 Å². The van der Waals surface area contributed by atoms with E-state index in [1.165, 1.54) is 7.11 Å². The van der Waals surface area contributed by atoms with Crippen LogP contribution in [0, 0.1) is 0 Å². The lowest BCUT2D eigenvalue weighted by molar-refractivity contribution is 0.257. The van der Waals surface area contributed by atoms with Crippen molar-refractivity contribution in [2.75, 3.05) is 48.4 Å². The predicted octanol–water partition coefficient (Wildman–Crippen LogP) is 2.15. The Balaban J connectivity index is 1.41. The van der Waals surface area contributed by atoms with Crippen molar-refractivity contribution >= 4 is 34.3 Å². The van der Waals surface area contributed by atoms with Crippen LogP contribution in [-0.2, 0) is 13.5 Å². The van der Waals surface area contributed by atoms with Crippen LogP contribution in [0.4, 0.5) is 22.0 Å². The summed E-state index contributed by atoms with van der Waals surface area (Å²) in [5.41, 5.74) is 3.40. The van der Waals surface area contributed by atoms with Crippen molar-refractivity contribution in [1.82, 2.24) is 25.1 Å². The first-order valence-electron chi connectivity index (χ1n) is 10.8. The molecule has 1 saturated heterocycles. The largest absolute Gasteiger partial charge is 0.479 e. The van der Waals surface area contributed by atoms with E-state index in [4.69, 9.17) is 4.74 Å². The molecule has 2 N–H and O–H groups in total. The Morgan fingerprint density at radius 2 is 2.16 bits per heavy atom. The molecule has 2 aliphatic rings. The molecule has 10 heteroatoms. The van der Waals surface area contributed by atoms with Gasteiger partial charge < -0.3 is 20.3 Å². The lowest BCUT2D eigenvalue weighted by atomic mass is 10.0. The Labute approximate surface area is 186 Å². The maximum absolute atomic E-state index is 13.2. The molecule has 3 aromatic heterocycles.